The molecule has 4 nitrogen and oxygen atoms in total. The quantitative estimate of drug-likeness (QED) is 0.782. The fraction of sp³-hybridized carbons (Fsp3) is 0.417. The van der Waals surface area contributed by atoms with Gasteiger partial charge in [-0.3, -0.25) is 0 Å². The monoisotopic (exact) mass is 220 g/mol. The average Bonchev–Trinajstić information content (AvgIpc) is 2.34. The van der Waals surface area contributed by atoms with Gasteiger partial charge < -0.3 is 14.8 Å². The van der Waals surface area contributed by atoms with Gasteiger partial charge in [0.05, 0.1) is 11.6 Å². The minimum absolute atomic E-state index is 0.00995. The van der Waals surface area contributed by atoms with E-state index in [-0.39, 0.29) is 6.10 Å². The third kappa shape index (κ3) is 3.89. The number of rotatable bonds is 6. The van der Waals surface area contributed by atoms with E-state index in [1.54, 1.807) is 25.3 Å². The second-order valence-corrected chi connectivity index (χ2v) is 3.37. The van der Waals surface area contributed by atoms with Crippen molar-refractivity contribution in [3.05, 3.63) is 29.8 Å². The Morgan fingerprint density at radius 1 is 1.50 bits per heavy atom. The van der Waals surface area contributed by atoms with Crippen LogP contribution in [0.5, 0.6) is 5.75 Å². The first-order valence-electron chi connectivity index (χ1n) is 5.10. The Morgan fingerprint density at radius 2 is 2.31 bits per heavy atom. The van der Waals surface area contributed by atoms with Crippen LogP contribution < -0.4 is 10.1 Å². The van der Waals surface area contributed by atoms with Gasteiger partial charge in [0.25, 0.3) is 0 Å². The van der Waals surface area contributed by atoms with Gasteiger partial charge in [0.1, 0.15) is 18.5 Å². The Kier molecular flexibility index (Phi) is 5.34. The third-order valence-electron chi connectivity index (χ3n) is 2.16. The number of benzene rings is 1. The Labute approximate surface area is 95.8 Å². The number of likely N-dealkylation sites (N-methyl/N-ethyl adjacent to an activating group) is 1. The van der Waals surface area contributed by atoms with Crippen molar-refractivity contribution in [3.63, 3.8) is 0 Å². The van der Waals surface area contributed by atoms with Crippen molar-refractivity contribution in [2.45, 2.75) is 6.10 Å². The molecule has 0 aliphatic carbocycles. The summed E-state index contributed by atoms with van der Waals surface area (Å²) in [6, 6.07) is 9.15. The molecular weight excluding hydrogens is 204 g/mol. The van der Waals surface area contributed by atoms with E-state index in [0.717, 1.165) is 6.54 Å². The summed E-state index contributed by atoms with van der Waals surface area (Å²) in [7, 11) is 3.51. The van der Waals surface area contributed by atoms with E-state index in [9.17, 15) is 0 Å². The Hall–Kier alpha value is -1.57. The minimum Gasteiger partial charge on any atom is -0.491 e. The zero-order valence-corrected chi connectivity index (χ0v) is 9.56. The topological polar surface area (TPSA) is 54.3 Å². The second-order valence-electron chi connectivity index (χ2n) is 3.37. The van der Waals surface area contributed by atoms with E-state index in [1.807, 2.05) is 13.1 Å². The molecule has 1 rings (SSSR count). The molecule has 1 N–H and O–H groups in total. The highest BCUT2D eigenvalue weighted by Crippen LogP contribution is 2.12. The molecule has 86 valence electrons. The van der Waals surface area contributed by atoms with Gasteiger partial charge in [-0.1, -0.05) is 6.07 Å². The Morgan fingerprint density at radius 3 is 2.94 bits per heavy atom. The van der Waals surface area contributed by atoms with Crippen LogP contribution in [0.4, 0.5) is 0 Å². The predicted molar refractivity (Wildman–Crippen MR) is 61.4 cm³/mol. The van der Waals surface area contributed by atoms with E-state index in [4.69, 9.17) is 14.7 Å². The van der Waals surface area contributed by atoms with Crippen molar-refractivity contribution < 1.29 is 9.47 Å². The molecule has 0 aliphatic rings. The molecule has 0 radical (unpaired) electrons. The summed E-state index contributed by atoms with van der Waals surface area (Å²) in [5.41, 5.74) is 0.597. The van der Waals surface area contributed by atoms with Crippen molar-refractivity contribution in [1.82, 2.24) is 5.32 Å². The van der Waals surface area contributed by atoms with Crippen molar-refractivity contribution in [1.29, 1.82) is 5.26 Å². The number of nitrogens with zero attached hydrogens (tertiary/aromatic N) is 1. The van der Waals surface area contributed by atoms with Crippen LogP contribution in [0.25, 0.3) is 0 Å². The highest BCUT2D eigenvalue weighted by atomic mass is 16.5. The van der Waals surface area contributed by atoms with E-state index in [1.165, 1.54) is 0 Å². The first-order chi connectivity index (χ1) is 7.80. The molecule has 1 atom stereocenters. The fourth-order valence-electron chi connectivity index (χ4n) is 1.28. The third-order valence-corrected chi connectivity index (χ3v) is 2.16. The molecular formula is C12H16N2O2. The summed E-state index contributed by atoms with van der Waals surface area (Å²) in [4.78, 5) is 0. The predicted octanol–water partition coefficient (Wildman–Crippen LogP) is 1.17. The fourth-order valence-corrected chi connectivity index (χ4v) is 1.28. The average molecular weight is 220 g/mol. The molecule has 1 aromatic carbocycles. The maximum atomic E-state index is 8.73. The molecule has 1 unspecified atom stereocenters. The molecule has 16 heavy (non-hydrogen) atoms. The normalized spacial score (nSPS) is 11.8. The standard InChI is InChI=1S/C12H16N2O2/c1-14-8-12(15-2)9-16-11-5-3-4-10(6-11)7-13/h3-6,12,14H,8-9H2,1-2H3. The molecule has 0 heterocycles. The molecule has 0 bridgehead atoms. The van der Waals surface area contributed by atoms with Gasteiger partial charge in [0.15, 0.2) is 0 Å². The molecule has 0 fully saturated rings. The SMILES string of the molecule is CNCC(COc1cccc(C#N)c1)OC. The minimum atomic E-state index is 0.00995. The lowest BCUT2D eigenvalue weighted by Gasteiger charge is -2.15. The highest BCUT2D eigenvalue weighted by molar-refractivity contribution is 5.36. The van der Waals surface area contributed by atoms with E-state index >= 15 is 0 Å². The smallest absolute Gasteiger partial charge is 0.120 e. The summed E-state index contributed by atoms with van der Waals surface area (Å²) < 4.78 is 10.8. The molecule has 1 aromatic rings. The van der Waals surface area contributed by atoms with Crippen molar-refractivity contribution in [2.24, 2.45) is 0 Å². The Balaban J connectivity index is 2.50. The molecule has 0 saturated heterocycles. The maximum Gasteiger partial charge on any atom is 0.120 e. The number of hydrogen-bond acceptors (Lipinski definition) is 4. The first kappa shape index (κ1) is 12.5. The molecule has 0 saturated carbocycles. The first-order valence-corrected chi connectivity index (χ1v) is 5.10. The van der Waals surface area contributed by atoms with E-state index in [2.05, 4.69) is 11.4 Å². The molecule has 0 aliphatic heterocycles. The summed E-state index contributed by atoms with van der Waals surface area (Å²) in [5, 5.41) is 11.7. The van der Waals surface area contributed by atoms with Gasteiger partial charge in [-0.25, -0.2) is 0 Å². The summed E-state index contributed by atoms with van der Waals surface area (Å²) in [5.74, 6) is 0.692. The van der Waals surface area contributed by atoms with Crippen LogP contribution in [0.15, 0.2) is 24.3 Å². The zero-order valence-electron chi connectivity index (χ0n) is 9.56. The van der Waals surface area contributed by atoms with Gasteiger partial charge in [-0.05, 0) is 25.2 Å². The number of hydrogen-bond donors (Lipinski definition) is 1. The second kappa shape index (κ2) is 6.83. The molecule has 0 spiro atoms. The summed E-state index contributed by atoms with van der Waals surface area (Å²) in [6.07, 6.45) is 0.00995. The lowest BCUT2D eigenvalue weighted by atomic mass is 10.2. The van der Waals surface area contributed by atoms with Crippen molar-refractivity contribution in [2.75, 3.05) is 27.3 Å². The number of nitrogens with one attached hydrogen (secondary N) is 1. The van der Waals surface area contributed by atoms with Crippen LogP contribution in [0, 0.1) is 11.3 Å². The van der Waals surface area contributed by atoms with Gasteiger partial charge in [0.2, 0.25) is 0 Å². The van der Waals surface area contributed by atoms with Crippen LogP contribution in [0.2, 0.25) is 0 Å². The van der Waals surface area contributed by atoms with Crippen LogP contribution in [0.1, 0.15) is 5.56 Å². The van der Waals surface area contributed by atoms with Crippen LogP contribution in [0.3, 0.4) is 0 Å². The van der Waals surface area contributed by atoms with Crippen molar-refractivity contribution in [3.8, 4) is 11.8 Å². The van der Waals surface area contributed by atoms with Crippen LogP contribution >= 0.6 is 0 Å². The van der Waals surface area contributed by atoms with E-state index in [0.29, 0.717) is 17.9 Å². The van der Waals surface area contributed by atoms with Gasteiger partial charge in [-0.15, -0.1) is 0 Å². The number of ether oxygens (including phenoxy) is 2. The molecule has 4 heteroatoms. The van der Waals surface area contributed by atoms with Gasteiger partial charge >= 0.3 is 0 Å². The lowest BCUT2D eigenvalue weighted by molar-refractivity contribution is 0.0595. The summed E-state index contributed by atoms with van der Waals surface area (Å²) >= 11 is 0. The largest absolute Gasteiger partial charge is 0.491 e. The molecule has 0 amide bonds. The maximum absolute atomic E-state index is 8.73. The zero-order chi connectivity index (χ0) is 11.8. The highest BCUT2D eigenvalue weighted by Gasteiger charge is 2.06. The number of methoxy groups -OCH3 is 1. The number of nitriles is 1. The lowest BCUT2D eigenvalue weighted by Crippen LogP contribution is -2.31. The van der Waals surface area contributed by atoms with Crippen LogP contribution in [-0.2, 0) is 4.74 Å². The summed E-state index contributed by atoms with van der Waals surface area (Å²) in [6.45, 7) is 1.20. The van der Waals surface area contributed by atoms with Crippen molar-refractivity contribution >= 4 is 0 Å². The molecule has 0 aromatic heterocycles. The van der Waals surface area contributed by atoms with E-state index < -0.39 is 0 Å². The Bertz CT molecular complexity index is 360. The van der Waals surface area contributed by atoms with Gasteiger partial charge in [0, 0.05) is 13.7 Å². The van der Waals surface area contributed by atoms with Gasteiger partial charge in [-0.2, -0.15) is 5.26 Å². The van der Waals surface area contributed by atoms with Crippen LogP contribution in [-0.4, -0.2) is 33.4 Å².